The van der Waals surface area contributed by atoms with E-state index >= 15 is 0 Å². The fourth-order valence-corrected chi connectivity index (χ4v) is 3.75. The summed E-state index contributed by atoms with van der Waals surface area (Å²) in [7, 11) is 0. The van der Waals surface area contributed by atoms with E-state index in [4.69, 9.17) is 33.0 Å². The molecule has 3 aromatic carbocycles. The van der Waals surface area contributed by atoms with Crippen molar-refractivity contribution in [3.8, 4) is 16.9 Å². The second-order valence-electron chi connectivity index (χ2n) is 7.01. The number of carboxylic acids is 1. The summed E-state index contributed by atoms with van der Waals surface area (Å²) in [5.41, 5.74) is 4.68. The molecule has 152 valence electrons. The van der Waals surface area contributed by atoms with E-state index in [1.807, 2.05) is 54.7 Å². The standard InChI is InChI=1S/C24H19Cl2NO3/c25-20-3-1-2-18(24(20)26)14-30-22-8-4-15(5-9-23(28)29)12-19(22)16-6-7-21-17(13-16)10-11-27-21/h1-4,6-8,10-13,27H,5,9,14H2,(H,28,29). The Morgan fingerprint density at radius 1 is 1.03 bits per heavy atom. The number of fused-ring (bicyclic) bond motifs is 1. The van der Waals surface area contributed by atoms with Crippen LogP contribution in [0.25, 0.3) is 22.0 Å². The monoisotopic (exact) mass is 439 g/mol. The van der Waals surface area contributed by atoms with Crippen LogP contribution in [-0.4, -0.2) is 16.1 Å². The lowest BCUT2D eigenvalue weighted by atomic mass is 9.99. The smallest absolute Gasteiger partial charge is 0.303 e. The molecule has 4 rings (SSSR count). The van der Waals surface area contributed by atoms with Crippen LogP contribution in [-0.2, 0) is 17.8 Å². The van der Waals surface area contributed by atoms with Gasteiger partial charge in [-0.25, -0.2) is 0 Å². The van der Waals surface area contributed by atoms with Crippen LogP contribution in [0.4, 0.5) is 0 Å². The number of ether oxygens (including phenoxy) is 1. The minimum absolute atomic E-state index is 0.0780. The number of aromatic nitrogens is 1. The molecule has 30 heavy (non-hydrogen) atoms. The van der Waals surface area contributed by atoms with Crippen molar-refractivity contribution in [2.45, 2.75) is 19.4 Å². The molecule has 2 N–H and O–H groups in total. The topological polar surface area (TPSA) is 62.3 Å². The van der Waals surface area contributed by atoms with E-state index in [0.717, 1.165) is 33.2 Å². The molecule has 0 atom stereocenters. The average molecular weight is 440 g/mol. The molecule has 1 aromatic heterocycles. The van der Waals surface area contributed by atoms with Crippen molar-refractivity contribution in [1.82, 2.24) is 4.98 Å². The Kier molecular flexibility index (Phi) is 5.98. The molecule has 0 saturated carbocycles. The number of hydrogen-bond acceptors (Lipinski definition) is 2. The second kappa shape index (κ2) is 8.82. The number of halogens is 2. The highest BCUT2D eigenvalue weighted by atomic mass is 35.5. The van der Waals surface area contributed by atoms with Gasteiger partial charge >= 0.3 is 5.97 Å². The van der Waals surface area contributed by atoms with Crippen LogP contribution in [0, 0.1) is 0 Å². The third-order valence-electron chi connectivity index (χ3n) is 4.95. The van der Waals surface area contributed by atoms with E-state index in [1.165, 1.54) is 0 Å². The van der Waals surface area contributed by atoms with Gasteiger partial charge in [-0.05, 0) is 59.3 Å². The molecule has 6 heteroatoms. The molecule has 0 aliphatic heterocycles. The first-order valence-electron chi connectivity index (χ1n) is 9.49. The maximum Gasteiger partial charge on any atom is 0.303 e. The Morgan fingerprint density at radius 3 is 2.73 bits per heavy atom. The highest BCUT2D eigenvalue weighted by Crippen LogP contribution is 2.35. The minimum atomic E-state index is -0.818. The predicted molar refractivity (Wildman–Crippen MR) is 120 cm³/mol. The van der Waals surface area contributed by atoms with Gasteiger partial charge in [0.1, 0.15) is 12.4 Å². The van der Waals surface area contributed by atoms with Gasteiger partial charge in [0, 0.05) is 29.3 Å². The molecule has 0 saturated heterocycles. The molecule has 0 fully saturated rings. The molecule has 0 bridgehead atoms. The van der Waals surface area contributed by atoms with Crippen LogP contribution < -0.4 is 4.74 Å². The van der Waals surface area contributed by atoms with Crippen LogP contribution in [0.5, 0.6) is 5.75 Å². The lowest BCUT2D eigenvalue weighted by Gasteiger charge is -2.15. The summed E-state index contributed by atoms with van der Waals surface area (Å²) >= 11 is 12.4. The number of aryl methyl sites for hydroxylation is 1. The lowest BCUT2D eigenvalue weighted by Crippen LogP contribution is -2.00. The van der Waals surface area contributed by atoms with Crippen molar-refractivity contribution < 1.29 is 14.6 Å². The van der Waals surface area contributed by atoms with Crippen molar-refractivity contribution in [2.75, 3.05) is 0 Å². The molecule has 0 amide bonds. The highest BCUT2D eigenvalue weighted by Gasteiger charge is 2.12. The van der Waals surface area contributed by atoms with Gasteiger partial charge in [-0.3, -0.25) is 4.79 Å². The number of H-pyrrole nitrogens is 1. The maximum absolute atomic E-state index is 11.0. The quantitative estimate of drug-likeness (QED) is 0.335. The molecule has 0 spiro atoms. The van der Waals surface area contributed by atoms with Crippen LogP contribution in [0.15, 0.2) is 66.9 Å². The molecular formula is C24H19Cl2NO3. The lowest BCUT2D eigenvalue weighted by molar-refractivity contribution is -0.136. The van der Waals surface area contributed by atoms with Gasteiger partial charge in [0.25, 0.3) is 0 Å². The Hall–Kier alpha value is -2.95. The predicted octanol–water partition coefficient (Wildman–Crippen LogP) is 6.74. The van der Waals surface area contributed by atoms with Gasteiger partial charge in [0.05, 0.1) is 10.0 Å². The van der Waals surface area contributed by atoms with Gasteiger partial charge in [0.2, 0.25) is 0 Å². The molecule has 0 aliphatic rings. The number of benzene rings is 3. The molecule has 4 nitrogen and oxygen atoms in total. The van der Waals surface area contributed by atoms with Crippen LogP contribution in [0.1, 0.15) is 17.5 Å². The van der Waals surface area contributed by atoms with Crippen molar-refractivity contribution >= 4 is 40.1 Å². The van der Waals surface area contributed by atoms with Gasteiger partial charge in [-0.15, -0.1) is 0 Å². The van der Waals surface area contributed by atoms with E-state index in [1.54, 1.807) is 6.07 Å². The van der Waals surface area contributed by atoms with Crippen LogP contribution in [0.2, 0.25) is 10.0 Å². The van der Waals surface area contributed by atoms with Crippen LogP contribution in [0.3, 0.4) is 0 Å². The van der Waals surface area contributed by atoms with Crippen molar-refractivity contribution in [3.63, 3.8) is 0 Å². The fourth-order valence-electron chi connectivity index (χ4n) is 3.37. The number of carboxylic acid groups (broad SMARTS) is 1. The highest BCUT2D eigenvalue weighted by molar-refractivity contribution is 6.42. The molecule has 0 aliphatic carbocycles. The number of carbonyl (C=O) groups is 1. The van der Waals surface area contributed by atoms with Gasteiger partial charge in [0.15, 0.2) is 0 Å². The van der Waals surface area contributed by atoms with Crippen LogP contribution >= 0.6 is 23.2 Å². The Morgan fingerprint density at radius 2 is 1.90 bits per heavy atom. The van der Waals surface area contributed by atoms with Crippen molar-refractivity contribution in [1.29, 1.82) is 0 Å². The first-order valence-corrected chi connectivity index (χ1v) is 10.2. The zero-order chi connectivity index (χ0) is 21.1. The van der Waals surface area contributed by atoms with Gasteiger partial charge in [-0.1, -0.05) is 47.5 Å². The maximum atomic E-state index is 11.0. The summed E-state index contributed by atoms with van der Waals surface area (Å²) in [6, 6.07) is 19.4. The molecule has 4 aromatic rings. The summed E-state index contributed by atoms with van der Waals surface area (Å²) in [4.78, 5) is 14.2. The number of aliphatic carboxylic acids is 1. The first-order chi connectivity index (χ1) is 14.5. The normalized spacial score (nSPS) is 11.0. The zero-order valence-electron chi connectivity index (χ0n) is 16.0. The van der Waals surface area contributed by atoms with Crippen molar-refractivity contribution in [3.05, 3.63) is 88.0 Å². The van der Waals surface area contributed by atoms with Gasteiger partial charge < -0.3 is 14.8 Å². The summed E-state index contributed by atoms with van der Waals surface area (Å²) in [5.74, 6) is -0.124. The van der Waals surface area contributed by atoms with E-state index in [0.29, 0.717) is 22.2 Å². The van der Waals surface area contributed by atoms with E-state index < -0.39 is 5.97 Å². The largest absolute Gasteiger partial charge is 0.488 e. The third kappa shape index (κ3) is 4.45. The van der Waals surface area contributed by atoms with E-state index in [2.05, 4.69) is 11.1 Å². The summed E-state index contributed by atoms with van der Waals surface area (Å²) in [6.45, 7) is 0.271. The Balaban J connectivity index is 1.69. The minimum Gasteiger partial charge on any atom is -0.488 e. The molecule has 1 heterocycles. The van der Waals surface area contributed by atoms with E-state index in [-0.39, 0.29) is 13.0 Å². The summed E-state index contributed by atoms with van der Waals surface area (Å²) in [6.07, 6.45) is 2.43. The number of hydrogen-bond donors (Lipinski definition) is 2. The third-order valence-corrected chi connectivity index (χ3v) is 5.81. The molecular weight excluding hydrogens is 421 g/mol. The zero-order valence-corrected chi connectivity index (χ0v) is 17.5. The number of rotatable bonds is 7. The van der Waals surface area contributed by atoms with Gasteiger partial charge in [-0.2, -0.15) is 0 Å². The summed E-state index contributed by atoms with van der Waals surface area (Å²) in [5, 5.41) is 11.1. The van der Waals surface area contributed by atoms with E-state index in [9.17, 15) is 4.79 Å². The SMILES string of the molecule is O=C(O)CCc1ccc(OCc2cccc(Cl)c2Cl)c(-c2ccc3[nH]ccc3c2)c1. The average Bonchev–Trinajstić information content (AvgIpc) is 3.21. The molecule has 0 unspecified atom stereocenters. The second-order valence-corrected chi connectivity index (χ2v) is 7.79. The van der Waals surface area contributed by atoms with Crippen molar-refractivity contribution in [2.24, 2.45) is 0 Å². The molecule has 0 radical (unpaired) electrons. The summed E-state index contributed by atoms with van der Waals surface area (Å²) < 4.78 is 6.12. The Bertz CT molecular complexity index is 1220. The number of nitrogens with one attached hydrogen (secondary N) is 1. The Labute approximate surface area is 184 Å². The first kappa shape index (κ1) is 20.3. The fraction of sp³-hybridized carbons (Fsp3) is 0.125. The number of aromatic amines is 1.